The molecule has 0 bridgehead atoms. The number of carbonyl (C=O) groups excluding carboxylic acids is 1. The lowest BCUT2D eigenvalue weighted by molar-refractivity contribution is -0.115. The molecular formula is C17H16N2O2S. The van der Waals surface area contributed by atoms with E-state index in [1.807, 2.05) is 42.2 Å². The Balaban J connectivity index is 1.63. The summed E-state index contributed by atoms with van der Waals surface area (Å²) < 4.78 is 5.38. The third kappa shape index (κ3) is 3.09. The molecule has 0 saturated carbocycles. The van der Waals surface area contributed by atoms with Crippen LogP contribution in [0.15, 0.2) is 46.9 Å². The number of amides is 1. The fraction of sp³-hybridized carbons (Fsp3) is 0.176. The smallest absolute Gasteiger partial charge is 0.250 e. The van der Waals surface area contributed by atoms with Crippen LogP contribution >= 0.6 is 12.2 Å². The van der Waals surface area contributed by atoms with E-state index in [0.29, 0.717) is 10.9 Å². The van der Waals surface area contributed by atoms with Gasteiger partial charge in [-0.3, -0.25) is 10.1 Å². The van der Waals surface area contributed by atoms with Gasteiger partial charge in [0.15, 0.2) is 5.11 Å². The van der Waals surface area contributed by atoms with E-state index in [-0.39, 0.29) is 5.91 Å². The highest BCUT2D eigenvalue weighted by Gasteiger charge is 2.22. The fourth-order valence-electron chi connectivity index (χ4n) is 2.46. The molecule has 3 rings (SSSR count). The molecular weight excluding hydrogens is 296 g/mol. The zero-order valence-corrected chi connectivity index (χ0v) is 13.0. The number of nitrogens with zero attached hydrogens (tertiary/aromatic N) is 1. The van der Waals surface area contributed by atoms with Gasteiger partial charge in [-0.05, 0) is 55.4 Å². The third-order valence-corrected chi connectivity index (χ3v) is 3.85. The topological polar surface area (TPSA) is 45.5 Å². The Hall–Kier alpha value is -2.40. The molecule has 112 valence electrons. The van der Waals surface area contributed by atoms with E-state index >= 15 is 0 Å². The Bertz CT molecular complexity index is 749. The third-order valence-electron chi connectivity index (χ3n) is 3.52. The van der Waals surface area contributed by atoms with Crippen molar-refractivity contribution in [1.82, 2.24) is 5.32 Å². The normalized spacial score (nSPS) is 13.4. The maximum absolute atomic E-state index is 11.9. The summed E-state index contributed by atoms with van der Waals surface area (Å²) in [5.74, 6) is 1.19. The first-order chi connectivity index (χ1) is 10.6. The summed E-state index contributed by atoms with van der Waals surface area (Å²) in [6, 6.07) is 11.7. The van der Waals surface area contributed by atoms with Crippen LogP contribution in [0.3, 0.4) is 0 Å². The van der Waals surface area contributed by atoms with E-state index in [1.165, 1.54) is 11.6 Å². The van der Waals surface area contributed by atoms with E-state index < -0.39 is 0 Å². The average molecular weight is 312 g/mol. The van der Waals surface area contributed by atoms with Crippen molar-refractivity contribution < 1.29 is 9.21 Å². The molecule has 1 aliphatic rings. The number of nitrogens with one attached hydrogen (secondary N) is 1. The molecule has 22 heavy (non-hydrogen) atoms. The van der Waals surface area contributed by atoms with Crippen LogP contribution in [-0.4, -0.2) is 17.6 Å². The molecule has 0 saturated heterocycles. The predicted octanol–water partition coefficient (Wildman–Crippen LogP) is 3.07. The van der Waals surface area contributed by atoms with Crippen molar-refractivity contribution in [3.8, 4) is 0 Å². The number of para-hydroxylation sites is 1. The molecule has 1 N–H and O–H groups in total. The molecule has 1 amide bonds. The summed E-state index contributed by atoms with van der Waals surface area (Å²) in [6.45, 7) is 2.65. The number of hydrogen-bond donors (Lipinski definition) is 1. The Morgan fingerprint density at radius 1 is 1.32 bits per heavy atom. The number of rotatable bonds is 2. The van der Waals surface area contributed by atoms with Crippen molar-refractivity contribution in [1.29, 1.82) is 0 Å². The lowest BCUT2D eigenvalue weighted by Gasteiger charge is -2.19. The molecule has 1 aromatic carbocycles. The van der Waals surface area contributed by atoms with E-state index in [2.05, 4.69) is 11.4 Å². The number of carbonyl (C=O) groups is 1. The highest BCUT2D eigenvalue weighted by molar-refractivity contribution is 7.80. The molecule has 4 nitrogen and oxygen atoms in total. The summed E-state index contributed by atoms with van der Waals surface area (Å²) in [4.78, 5) is 13.9. The number of hydrogen-bond acceptors (Lipinski definition) is 3. The molecule has 2 heterocycles. The maximum Gasteiger partial charge on any atom is 0.250 e. The van der Waals surface area contributed by atoms with Crippen LogP contribution in [-0.2, 0) is 11.2 Å². The molecule has 2 aromatic rings. The highest BCUT2D eigenvalue weighted by atomic mass is 32.1. The van der Waals surface area contributed by atoms with Gasteiger partial charge in [-0.2, -0.15) is 0 Å². The minimum atomic E-state index is -0.261. The SMILES string of the molecule is Cc1ccc(/C=C/C(=O)NC(=S)N2CCc3ccccc32)o1. The average Bonchev–Trinajstić information content (AvgIpc) is 3.11. The zero-order chi connectivity index (χ0) is 15.5. The number of aryl methyl sites for hydroxylation is 1. The molecule has 0 unspecified atom stereocenters. The van der Waals surface area contributed by atoms with E-state index in [1.54, 1.807) is 6.08 Å². The molecule has 5 heteroatoms. The Morgan fingerprint density at radius 2 is 2.14 bits per heavy atom. The molecule has 0 aliphatic carbocycles. The van der Waals surface area contributed by atoms with Crippen molar-refractivity contribution in [2.75, 3.05) is 11.4 Å². The molecule has 0 radical (unpaired) electrons. The first-order valence-electron chi connectivity index (χ1n) is 7.08. The van der Waals surface area contributed by atoms with Crippen molar-refractivity contribution >= 4 is 35.0 Å². The summed E-state index contributed by atoms with van der Waals surface area (Å²) in [6.07, 6.45) is 3.99. The molecule has 0 spiro atoms. The monoisotopic (exact) mass is 312 g/mol. The second kappa shape index (κ2) is 6.15. The van der Waals surface area contributed by atoms with Crippen LogP contribution in [0.2, 0.25) is 0 Å². The van der Waals surface area contributed by atoms with Crippen LogP contribution < -0.4 is 10.2 Å². The lowest BCUT2D eigenvalue weighted by Crippen LogP contribution is -2.41. The van der Waals surface area contributed by atoms with Gasteiger partial charge in [0.1, 0.15) is 11.5 Å². The second-order valence-corrected chi connectivity index (χ2v) is 5.49. The lowest BCUT2D eigenvalue weighted by atomic mass is 10.2. The summed E-state index contributed by atoms with van der Waals surface area (Å²) in [5.41, 5.74) is 2.32. The van der Waals surface area contributed by atoms with E-state index in [9.17, 15) is 4.79 Å². The molecule has 1 aromatic heterocycles. The Labute approximate surface area is 134 Å². The van der Waals surface area contributed by atoms with Crippen LogP contribution in [0.4, 0.5) is 5.69 Å². The quantitative estimate of drug-likeness (QED) is 0.684. The second-order valence-electron chi connectivity index (χ2n) is 5.11. The Morgan fingerprint density at radius 3 is 2.91 bits per heavy atom. The van der Waals surface area contributed by atoms with Gasteiger partial charge in [0.2, 0.25) is 5.91 Å². The van der Waals surface area contributed by atoms with Crippen LogP contribution in [0.25, 0.3) is 6.08 Å². The highest BCUT2D eigenvalue weighted by Crippen LogP contribution is 2.27. The number of thiocarbonyl (C=S) groups is 1. The minimum Gasteiger partial charge on any atom is -0.462 e. The Kier molecular flexibility index (Phi) is 4.06. The molecule has 0 atom stereocenters. The van der Waals surface area contributed by atoms with Crippen molar-refractivity contribution in [3.63, 3.8) is 0 Å². The van der Waals surface area contributed by atoms with Crippen molar-refractivity contribution in [3.05, 3.63) is 59.6 Å². The number of benzene rings is 1. The standard InChI is InChI=1S/C17H16N2O2S/c1-12-6-7-14(21-12)8-9-16(20)18-17(22)19-11-10-13-4-2-3-5-15(13)19/h2-9H,10-11H2,1H3,(H,18,20,22)/b9-8+. The first-order valence-corrected chi connectivity index (χ1v) is 7.49. The zero-order valence-electron chi connectivity index (χ0n) is 12.2. The summed E-state index contributed by atoms with van der Waals surface area (Å²) in [7, 11) is 0. The van der Waals surface area contributed by atoms with E-state index in [0.717, 1.165) is 24.4 Å². The number of fused-ring (bicyclic) bond motifs is 1. The summed E-state index contributed by atoms with van der Waals surface area (Å²) in [5, 5.41) is 3.16. The predicted molar refractivity (Wildman–Crippen MR) is 90.7 cm³/mol. The van der Waals surface area contributed by atoms with Gasteiger partial charge in [0, 0.05) is 18.3 Å². The minimum absolute atomic E-state index is 0.261. The first kappa shape index (κ1) is 14.5. The van der Waals surface area contributed by atoms with Crippen LogP contribution in [0, 0.1) is 6.92 Å². The van der Waals surface area contributed by atoms with Gasteiger partial charge < -0.3 is 9.32 Å². The van der Waals surface area contributed by atoms with Crippen molar-refractivity contribution in [2.45, 2.75) is 13.3 Å². The largest absolute Gasteiger partial charge is 0.462 e. The van der Waals surface area contributed by atoms with Gasteiger partial charge in [-0.25, -0.2) is 0 Å². The van der Waals surface area contributed by atoms with E-state index in [4.69, 9.17) is 16.6 Å². The van der Waals surface area contributed by atoms with Gasteiger partial charge in [0.05, 0.1) is 0 Å². The van der Waals surface area contributed by atoms with Gasteiger partial charge in [-0.15, -0.1) is 0 Å². The van der Waals surface area contributed by atoms with Gasteiger partial charge in [0.25, 0.3) is 0 Å². The molecule has 1 aliphatic heterocycles. The number of anilines is 1. The van der Waals surface area contributed by atoms with Gasteiger partial charge in [-0.1, -0.05) is 18.2 Å². The number of furan rings is 1. The molecule has 0 fully saturated rings. The van der Waals surface area contributed by atoms with Crippen molar-refractivity contribution in [2.24, 2.45) is 0 Å². The van der Waals surface area contributed by atoms with Crippen LogP contribution in [0.1, 0.15) is 17.1 Å². The van der Waals surface area contributed by atoms with Gasteiger partial charge >= 0.3 is 0 Å². The fourth-order valence-corrected chi connectivity index (χ4v) is 2.75. The maximum atomic E-state index is 11.9. The summed E-state index contributed by atoms with van der Waals surface area (Å²) >= 11 is 5.34. The van der Waals surface area contributed by atoms with Crippen LogP contribution in [0.5, 0.6) is 0 Å².